The molecule has 0 radical (unpaired) electrons. The fourth-order valence-electron chi connectivity index (χ4n) is 3.15. The lowest BCUT2D eigenvalue weighted by atomic mass is 9.96. The molecule has 1 aromatic rings. The average Bonchev–Trinajstić information content (AvgIpc) is 3.11. The van der Waals surface area contributed by atoms with Gasteiger partial charge < -0.3 is 20.2 Å². The third kappa shape index (κ3) is 3.55. The first-order valence-corrected chi connectivity index (χ1v) is 8.14. The quantitative estimate of drug-likeness (QED) is 0.868. The number of aromatic nitrogens is 1. The molecule has 0 unspecified atom stereocenters. The Hall–Kier alpha value is -2.31. The number of rotatable bonds is 2. The van der Waals surface area contributed by atoms with Gasteiger partial charge in [-0.2, -0.15) is 0 Å². The lowest BCUT2D eigenvalue weighted by molar-refractivity contribution is -0.121. The van der Waals surface area contributed by atoms with Gasteiger partial charge in [-0.3, -0.25) is 4.79 Å². The monoisotopic (exact) mass is 318 g/mol. The average molecular weight is 318 g/mol. The molecule has 0 atom stereocenters. The zero-order valence-electron chi connectivity index (χ0n) is 13.1. The summed E-state index contributed by atoms with van der Waals surface area (Å²) in [6.45, 7) is 2.89. The summed E-state index contributed by atoms with van der Waals surface area (Å²) in [7, 11) is 0. The van der Waals surface area contributed by atoms with Crippen LogP contribution in [-0.2, 0) is 4.79 Å². The van der Waals surface area contributed by atoms with Crippen LogP contribution in [0.1, 0.15) is 25.7 Å². The Morgan fingerprint density at radius 3 is 2.43 bits per heavy atom. The topological polar surface area (TPSA) is 85.8 Å². The normalized spacial score (nSPS) is 19.0. The van der Waals surface area contributed by atoms with E-state index in [-0.39, 0.29) is 29.4 Å². The van der Waals surface area contributed by atoms with Gasteiger partial charge in [0.2, 0.25) is 5.91 Å². The van der Waals surface area contributed by atoms with Gasteiger partial charge in [-0.25, -0.2) is 9.78 Å². The van der Waals surface area contributed by atoms with E-state index in [1.54, 1.807) is 6.07 Å². The van der Waals surface area contributed by atoms with Crippen molar-refractivity contribution < 1.29 is 14.7 Å². The highest BCUT2D eigenvalue weighted by Gasteiger charge is 2.30. The maximum atomic E-state index is 12.3. The highest BCUT2D eigenvalue weighted by Crippen LogP contribution is 2.23. The van der Waals surface area contributed by atoms with E-state index in [0.29, 0.717) is 25.9 Å². The third-order valence-electron chi connectivity index (χ3n) is 4.54. The second-order valence-electron chi connectivity index (χ2n) is 6.10. The van der Waals surface area contributed by atoms with Gasteiger partial charge in [0, 0.05) is 38.3 Å². The molecule has 3 amide bonds. The number of likely N-dealkylation sites (tertiary alicyclic amines) is 2. The second-order valence-corrected chi connectivity index (χ2v) is 6.10. The molecule has 2 saturated heterocycles. The Morgan fingerprint density at radius 1 is 1.13 bits per heavy atom. The number of carbonyl (C=O) groups is 2. The number of hydrogen-bond acceptors (Lipinski definition) is 4. The molecule has 2 aliphatic heterocycles. The summed E-state index contributed by atoms with van der Waals surface area (Å²) in [6, 6.07) is 3.19. The van der Waals surface area contributed by atoms with E-state index in [1.807, 2.05) is 9.80 Å². The number of piperidine rings is 1. The first-order chi connectivity index (χ1) is 11.1. The van der Waals surface area contributed by atoms with E-state index in [4.69, 9.17) is 0 Å². The highest BCUT2D eigenvalue weighted by molar-refractivity contribution is 5.93. The minimum atomic E-state index is -0.154. The first-order valence-electron chi connectivity index (χ1n) is 8.14. The molecule has 7 heteroatoms. The number of amides is 3. The van der Waals surface area contributed by atoms with Gasteiger partial charge in [0.25, 0.3) is 0 Å². The van der Waals surface area contributed by atoms with Gasteiger partial charge in [-0.15, -0.1) is 0 Å². The molecule has 7 nitrogen and oxygen atoms in total. The molecule has 124 valence electrons. The van der Waals surface area contributed by atoms with Crippen molar-refractivity contribution >= 4 is 17.8 Å². The van der Waals surface area contributed by atoms with Crippen LogP contribution in [0.3, 0.4) is 0 Å². The van der Waals surface area contributed by atoms with Crippen molar-refractivity contribution in [2.24, 2.45) is 5.92 Å². The predicted molar refractivity (Wildman–Crippen MR) is 85.0 cm³/mol. The zero-order valence-corrected chi connectivity index (χ0v) is 13.1. The lowest BCUT2D eigenvalue weighted by Gasteiger charge is -2.33. The van der Waals surface area contributed by atoms with Crippen LogP contribution in [0.15, 0.2) is 18.3 Å². The molecule has 3 heterocycles. The smallest absolute Gasteiger partial charge is 0.319 e. The van der Waals surface area contributed by atoms with Gasteiger partial charge in [0.05, 0.1) is 0 Å². The number of pyridine rings is 1. The van der Waals surface area contributed by atoms with E-state index >= 15 is 0 Å². The number of aromatic hydroxyl groups is 1. The lowest BCUT2D eigenvalue weighted by Crippen LogP contribution is -2.47. The van der Waals surface area contributed by atoms with Gasteiger partial charge in [-0.05, 0) is 37.8 Å². The van der Waals surface area contributed by atoms with Crippen molar-refractivity contribution in [1.82, 2.24) is 14.8 Å². The molecule has 2 fully saturated rings. The van der Waals surface area contributed by atoms with E-state index in [2.05, 4.69) is 10.3 Å². The fourth-order valence-corrected chi connectivity index (χ4v) is 3.15. The van der Waals surface area contributed by atoms with Crippen molar-refractivity contribution in [3.8, 4) is 5.75 Å². The van der Waals surface area contributed by atoms with Crippen molar-refractivity contribution in [1.29, 1.82) is 0 Å². The molecule has 3 rings (SSSR count). The number of hydrogen-bond donors (Lipinski definition) is 2. The fraction of sp³-hybridized carbons (Fsp3) is 0.562. The number of anilines is 1. The molecule has 0 bridgehead atoms. The Bertz CT molecular complexity index is 578. The minimum absolute atomic E-state index is 0.0394. The molecule has 1 aromatic heterocycles. The van der Waals surface area contributed by atoms with Crippen molar-refractivity contribution in [2.45, 2.75) is 25.7 Å². The first kappa shape index (κ1) is 15.6. The molecule has 23 heavy (non-hydrogen) atoms. The number of nitrogens with zero attached hydrogens (tertiary/aromatic N) is 3. The largest absolute Gasteiger partial charge is 0.504 e. The summed E-state index contributed by atoms with van der Waals surface area (Å²) in [5.74, 6) is -0.151. The predicted octanol–water partition coefficient (Wildman–Crippen LogP) is 1.65. The van der Waals surface area contributed by atoms with Crippen LogP contribution < -0.4 is 5.32 Å². The SMILES string of the molecule is O=C(Nc1ncccc1O)C1CCN(C(=O)N2CCCC2)CC1. The Balaban J connectivity index is 1.51. The molecule has 0 saturated carbocycles. The number of urea groups is 1. The van der Waals surface area contributed by atoms with Gasteiger partial charge in [-0.1, -0.05) is 0 Å². The summed E-state index contributed by atoms with van der Waals surface area (Å²) < 4.78 is 0. The highest BCUT2D eigenvalue weighted by atomic mass is 16.3. The van der Waals surface area contributed by atoms with Crippen LogP contribution in [0.2, 0.25) is 0 Å². The molecule has 2 aliphatic rings. The van der Waals surface area contributed by atoms with Crippen molar-refractivity contribution in [3.05, 3.63) is 18.3 Å². The van der Waals surface area contributed by atoms with Gasteiger partial charge >= 0.3 is 6.03 Å². The Labute approximate surface area is 135 Å². The van der Waals surface area contributed by atoms with Crippen LogP contribution >= 0.6 is 0 Å². The van der Waals surface area contributed by atoms with Crippen molar-refractivity contribution in [2.75, 3.05) is 31.5 Å². The van der Waals surface area contributed by atoms with Crippen molar-refractivity contribution in [3.63, 3.8) is 0 Å². The molecule has 0 aliphatic carbocycles. The summed E-state index contributed by atoms with van der Waals surface area (Å²) in [6.07, 6.45) is 4.96. The standard InChI is InChI=1S/C16H22N4O3/c21-13-4-3-7-17-14(13)18-15(22)12-5-10-20(11-6-12)16(23)19-8-1-2-9-19/h3-4,7,12,21H,1-2,5-6,8-11H2,(H,17,18,22). The van der Waals surface area contributed by atoms with Crippen LogP contribution in [-0.4, -0.2) is 58.0 Å². The summed E-state index contributed by atoms with van der Waals surface area (Å²) in [5.41, 5.74) is 0. The number of carbonyl (C=O) groups excluding carboxylic acids is 2. The van der Waals surface area contributed by atoms with Gasteiger partial charge in [0.15, 0.2) is 11.6 Å². The molecule has 2 N–H and O–H groups in total. The summed E-state index contributed by atoms with van der Waals surface area (Å²) >= 11 is 0. The van der Waals surface area contributed by atoms with Gasteiger partial charge in [0.1, 0.15) is 0 Å². The molecular formula is C16H22N4O3. The second kappa shape index (κ2) is 6.85. The zero-order chi connectivity index (χ0) is 16.2. The summed E-state index contributed by atoms with van der Waals surface area (Å²) in [5, 5.41) is 12.3. The van der Waals surface area contributed by atoms with Crippen LogP contribution in [0.5, 0.6) is 5.75 Å². The van der Waals surface area contributed by atoms with Crippen LogP contribution in [0.25, 0.3) is 0 Å². The Kier molecular flexibility index (Phi) is 4.64. The summed E-state index contributed by atoms with van der Waals surface area (Å²) in [4.78, 5) is 32.3. The number of nitrogens with one attached hydrogen (secondary N) is 1. The molecule has 0 spiro atoms. The maximum absolute atomic E-state index is 12.3. The Morgan fingerprint density at radius 2 is 1.78 bits per heavy atom. The molecule has 0 aromatic carbocycles. The van der Waals surface area contributed by atoms with Crippen LogP contribution in [0, 0.1) is 5.92 Å². The van der Waals surface area contributed by atoms with E-state index < -0.39 is 0 Å². The third-order valence-corrected chi connectivity index (χ3v) is 4.54. The van der Waals surface area contributed by atoms with E-state index in [0.717, 1.165) is 25.9 Å². The maximum Gasteiger partial charge on any atom is 0.319 e. The van der Waals surface area contributed by atoms with E-state index in [9.17, 15) is 14.7 Å². The molecular weight excluding hydrogens is 296 g/mol. The van der Waals surface area contributed by atoms with Crippen LogP contribution in [0.4, 0.5) is 10.6 Å². The minimum Gasteiger partial charge on any atom is -0.504 e. The van der Waals surface area contributed by atoms with E-state index in [1.165, 1.54) is 12.3 Å².